The average Bonchev–Trinajstić information content (AvgIpc) is 2.87. The van der Waals surface area contributed by atoms with E-state index in [0.29, 0.717) is 25.8 Å². The summed E-state index contributed by atoms with van der Waals surface area (Å²) in [6.07, 6.45) is 2.32. The number of benzene rings is 3. The van der Waals surface area contributed by atoms with Crippen molar-refractivity contribution in [1.82, 2.24) is 10.2 Å². The lowest BCUT2D eigenvalue weighted by Gasteiger charge is -2.33. The summed E-state index contributed by atoms with van der Waals surface area (Å²) < 4.78 is 0. The Kier molecular flexibility index (Phi) is 9.66. The second-order valence-corrected chi connectivity index (χ2v) is 9.46. The van der Waals surface area contributed by atoms with Gasteiger partial charge in [-0.15, -0.1) is 0 Å². The van der Waals surface area contributed by atoms with Gasteiger partial charge in [0.2, 0.25) is 11.8 Å². The zero-order valence-corrected chi connectivity index (χ0v) is 21.5. The van der Waals surface area contributed by atoms with E-state index in [-0.39, 0.29) is 17.9 Å². The quantitative estimate of drug-likeness (QED) is 0.386. The summed E-state index contributed by atoms with van der Waals surface area (Å²) in [5.74, 6) is -0.102. The van der Waals surface area contributed by atoms with Crippen molar-refractivity contribution in [1.29, 1.82) is 0 Å². The van der Waals surface area contributed by atoms with Crippen LogP contribution in [0.2, 0.25) is 0 Å². The minimum Gasteiger partial charge on any atom is -0.352 e. The van der Waals surface area contributed by atoms with Crippen LogP contribution in [0.4, 0.5) is 0 Å². The third-order valence-electron chi connectivity index (χ3n) is 6.62. The van der Waals surface area contributed by atoms with Gasteiger partial charge in [0.15, 0.2) is 0 Å². The van der Waals surface area contributed by atoms with Gasteiger partial charge in [-0.2, -0.15) is 0 Å². The first-order valence-electron chi connectivity index (χ1n) is 12.6. The number of rotatable bonds is 11. The molecule has 35 heavy (non-hydrogen) atoms. The lowest BCUT2D eigenvalue weighted by molar-refractivity contribution is -0.141. The van der Waals surface area contributed by atoms with Gasteiger partial charge in [-0.05, 0) is 55.9 Å². The molecule has 184 valence electrons. The molecule has 4 heteroatoms. The van der Waals surface area contributed by atoms with Crippen LogP contribution in [0.5, 0.6) is 0 Å². The predicted molar refractivity (Wildman–Crippen MR) is 143 cm³/mol. The summed E-state index contributed by atoms with van der Waals surface area (Å²) in [5.41, 5.74) is 5.54. The first kappa shape index (κ1) is 26.2. The Morgan fingerprint density at radius 3 is 2.17 bits per heavy atom. The molecule has 0 bridgehead atoms. The monoisotopic (exact) mass is 470 g/mol. The molecule has 0 heterocycles. The Balaban J connectivity index is 1.91. The van der Waals surface area contributed by atoms with Crippen LogP contribution in [-0.4, -0.2) is 28.8 Å². The lowest BCUT2D eigenvalue weighted by atomic mass is 10.00. The smallest absolute Gasteiger partial charge is 0.243 e. The molecule has 2 atom stereocenters. The summed E-state index contributed by atoms with van der Waals surface area (Å²) in [6.45, 7) is 8.57. The standard InChI is InChI=1S/C31H38N2O2/c1-5-25(4)32-31(35)29(21-27-12-7-6-8-13-27)33(22-28-14-10-9-11-24(28)3)30(34)20-19-26-17-15-23(2)16-18-26/h6-18,25,29H,5,19-22H2,1-4H3,(H,32,35)/t25-,29-/m0/s1. The van der Waals surface area contributed by atoms with E-state index in [0.717, 1.165) is 28.7 Å². The van der Waals surface area contributed by atoms with Crippen molar-refractivity contribution in [2.45, 2.75) is 72.0 Å². The van der Waals surface area contributed by atoms with Gasteiger partial charge in [-0.3, -0.25) is 9.59 Å². The highest BCUT2D eigenvalue weighted by molar-refractivity contribution is 5.88. The second-order valence-electron chi connectivity index (χ2n) is 9.46. The molecule has 1 N–H and O–H groups in total. The minimum absolute atomic E-state index is 0.00550. The van der Waals surface area contributed by atoms with Crippen LogP contribution in [0.3, 0.4) is 0 Å². The first-order chi connectivity index (χ1) is 16.9. The van der Waals surface area contributed by atoms with Crippen molar-refractivity contribution < 1.29 is 9.59 Å². The maximum atomic E-state index is 13.7. The molecule has 0 aromatic heterocycles. The summed E-state index contributed by atoms with van der Waals surface area (Å²) in [6, 6.07) is 25.8. The van der Waals surface area contributed by atoms with E-state index in [1.165, 1.54) is 5.56 Å². The molecule has 0 spiro atoms. The van der Waals surface area contributed by atoms with Crippen molar-refractivity contribution in [2.24, 2.45) is 0 Å². The topological polar surface area (TPSA) is 49.4 Å². The molecule has 0 saturated carbocycles. The number of amides is 2. The molecule has 0 aliphatic rings. The van der Waals surface area contributed by atoms with E-state index in [9.17, 15) is 9.59 Å². The third kappa shape index (κ3) is 7.81. The summed E-state index contributed by atoms with van der Waals surface area (Å²) in [7, 11) is 0. The SMILES string of the molecule is CC[C@H](C)NC(=O)[C@H](Cc1ccccc1)N(Cc1ccccc1C)C(=O)CCc1ccc(C)cc1. The summed E-state index contributed by atoms with van der Waals surface area (Å²) >= 11 is 0. The highest BCUT2D eigenvalue weighted by Gasteiger charge is 2.31. The van der Waals surface area contributed by atoms with Crippen LogP contribution in [-0.2, 0) is 29.0 Å². The Bertz CT molecular complexity index is 1090. The average molecular weight is 471 g/mol. The third-order valence-corrected chi connectivity index (χ3v) is 6.62. The predicted octanol–water partition coefficient (Wildman–Crippen LogP) is 5.79. The van der Waals surface area contributed by atoms with Crippen LogP contribution >= 0.6 is 0 Å². The largest absolute Gasteiger partial charge is 0.352 e. The maximum Gasteiger partial charge on any atom is 0.243 e. The molecule has 0 fully saturated rings. The number of carbonyl (C=O) groups excluding carboxylic acids is 2. The number of aryl methyl sites for hydroxylation is 3. The molecule has 4 nitrogen and oxygen atoms in total. The Morgan fingerprint density at radius 2 is 1.51 bits per heavy atom. The Hall–Kier alpha value is -3.40. The molecular formula is C31H38N2O2. The van der Waals surface area contributed by atoms with E-state index in [2.05, 4.69) is 56.4 Å². The summed E-state index contributed by atoms with van der Waals surface area (Å²) in [4.78, 5) is 29.1. The van der Waals surface area contributed by atoms with E-state index in [1.54, 1.807) is 4.90 Å². The van der Waals surface area contributed by atoms with E-state index >= 15 is 0 Å². The van der Waals surface area contributed by atoms with Crippen molar-refractivity contribution >= 4 is 11.8 Å². The Labute approximate surface area is 210 Å². The van der Waals surface area contributed by atoms with Crippen LogP contribution in [0.25, 0.3) is 0 Å². The van der Waals surface area contributed by atoms with Crippen molar-refractivity contribution in [3.05, 3.63) is 107 Å². The van der Waals surface area contributed by atoms with Crippen LogP contribution in [0.1, 0.15) is 54.5 Å². The minimum atomic E-state index is -0.587. The first-order valence-corrected chi connectivity index (χ1v) is 12.6. The molecule has 0 unspecified atom stereocenters. The number of hydrogen-bond acceptors (Lipinski definition) is 2. The molecule has 3 aromatic carbocycles. The van der Waals surface area contributed by atoms with Crippen LogP contribution in [0.15, 0.2) is 78.9 Å². The zero-order valence-electron chi connectivity index (χ0n) is 21.5. The fraction of sp³-hybridized carbons (Fsp3) is 0.355. The van der Waals surface area contributed by atoms with Gasteiger partial charge >= 0.3 is 0 Å². The second kappa shape index (κ2) is 12.9. The molecule has 3 aromatic rings. The van der Waals surface area contributed by atoms with Crippen LogP contribution in [0, 0.1) is 13.8 Å². The fourth-order valence-electron chi connectivity index (χ4n) is 4.12. The van der Waals surface area contributed by atoms with Crippen molar-refractivity contribution in [3.63, 3.8) is 0 Å². The van der Waals surface area contributed by atoms with Gasteiger partial charge in [0, 0.05) is 25.4 Å². The number of nitrogens with zero attached hydrogens (tertiary/aromatic N) is 1. The molecule has 3 rings (SSSR count). The molecule has 0 aliphatic heterocycles. The molecular weight excluding hydrogens is 432 g/mol. The summed E-state index contributed by atoms with van der Waals surface area (Å²) in [5, 5.41) is 3.13. The number of hydrogen-bond donors (Lipinski definition) is 1. The number of carbonyl (C=O) groups is 2. The van der Waals surface area contributed by atoms with E-state index in [1.807, 2.05) is 55.5 Å². The van der Waals surface area contributed by atoms with Gasteiger partial charge in [-0.25, -0.2) is 0 Å². The number of nitrogens with one attached hydrogen (secondary N) is 1. The highest BCUT2D eigenvalue weighted by atomic mass is 16.2. The van der Waals surface area contributed by atoms with Gasteiger partial charge in [0.05, 0.1) is 0 Å². The Morgan fingerprint density at radius 1 is 0.857 bits per heavy atom. The van der Waals surface area contributed by atoms with Crippen molar-refractivity contribution in [2.75, 3.05) is 0 Å². The van der Waals surface area contributed by atoms with Gasteiger partial charge < -0.3 is 10.2 Å². The van der Waals surface area contributed by atoms with Gasteiger partial charge in [-0.1, -0.05) is 91.3 Å². The highest BCUT2D eigenvalue weighted by Crippen LogP contribution is 2.19. The normalized spacial score (nSPS) is 12.6. The molecule has 0 radical (unpaired) electrons. The maximum absolute atomic E-state index is 13.7. The fourth-order valence-corrected chi connectivity index (χ4v) is 4.12. The lowest BCUT2D eigenvalue weighted by Crippen LogP contribution is -2.52. The van der Waals surface area contributed by atoms with E-state index in [4.69, 9.17) is 0 Å². The van der Waals surface area contributed by atoms with Gasteiger partial charge in [0.1, 0.15) is 6.04 Å². The zero-order chi connectivity index (χ0) is 25.2. The molecule has 0 aliphatic carbocycles. The van der Waals surface area contributed by atoms with Crippen LogP contribution < -0.4 is 5.32 Å². The molecule has 2 amide bonds. The molecule has 0 saturated heterocycles. The van der Waals surface area contributed by atoms with E-state index < -0.39 is 6.04 Å². The van der Waals surface area contributed by atoms with Crippen molar-refractivity contribution in [3.8, 4) is 0 Å². The van der Waals surface area contributed by atoms with Gasteiger partial charge in [0.25, 0.3) is 0 Å².